The number of likely N-dealkylation sites (tertiary alicyclic amines) is 1. The average molecular weight is 267 g/mol. The van der Waals surface area contributed by atoms with Gasteiger partial charge in [0.15, 0.2) is 0 Å². The van der Waals surface area contributed by atoms with Crippen LogP contribution >= 0.6 is 0 Å². The summed E-state index contributed by atoms with van der Waals surface area (Å²) in [6.07, 6.45) is 5.54. The smallest absolute Gasteiger partial charge is 0.0221 e. The van der Waals surface area contributed by atoms with Gasteiger partial charge < -0.3 is 15.1 Å². The van der Waals surface area contributed by atoms with Gasteiger partial charge in [0.05, 0.1) is 0 Å². The molecule has 1 N–H and O–H groups in total. The van der Waals surface area contributed by atoms with Gasteiger partial charge in [-0.25, -0.2) is 0 Å². The van der Waals surface area contributed by atoms with Gasteiger partial charge in [-0.2, -0.15) is 0 Å². The molecule has 3 heteroatoms. The van der Waals surface area contributed by atoms with E-state index in [2.05, 4.69) is 36.0 Å². The third kappa shape index (κ3) is 4.73. The number of piperazine rings is 1. The first-order chi connectivity index (χ1) is 9.19. The number of nitrogens with one attached hydrogen (secondary N) is 1. The molecule has 0 aromatic heterocycles. The minimum Gasteiger partial charge on any atom is -0.311 e. The van der Waals surface area contributed by atoms with E-state index in [9.17, 15) is 0 Å². The van der Waals surface area contributed by atoms with Crippen LogP contribution in [0.5, 0.6) is 0 Å². The molecule has 0 aromatic rings. The maximum absolute atomic E-state index is 3.70. The molecular weight excluding hydrogens is 234 g/mol. The van der Waals surface area contributed by atoms with Gasteiger partial charge in [0.1, 0.15) is 0 Å². The summed E-state index contributed by atoms with van der Waals surface area (Å²) in [6, 6.07) is 0.719. The van der Waals surface area contributed by atoms with Crippen LogP contribution < -0.4 is 5.32 Å². The first-order valence-electron chi connectivity index (χ1n) is 8.33. The van der Waals surface area contributed by atoms with Gasteiger partial charge in [-0.3, -0.25) is 0 Å². The van der Waals surface area contributed by atoms with E-state index in [0.29, 0.717) is 0 Å². The van der Waals surface area contributed by atoms with Crippen LogP contribution in [0, 0.1) is 11.8 Å². The summed E-state index contributed by atoms with van der Waals surface area (Å²) in [5.41, 5.74) is 0. The molecule has 2 unspecified atom stereocenters. The zero-order valence-electron chi connectivity index (χ0n) is 13.2. The molecule has 2 fully saturated rings. The van der Waals surface area contributed by atoms with Gasteiger partial charge >= 0.3 is 0 Å². The lowest BCUT2D eigenvalue weighted by molar-refractivity contribution is 0.145. The molecule has 2 heterocycles. The number of hydrogen-bond donors (Lipinski definition) is 1. The second kappa shape index (κ2) is 7.61. The molecule has 112 valence electrons. The van der Waals surface area contributed by atoms with E-state index >= 15 is 0 Å². The predicted molar refractivity (Wildman–Crippen MR) is 82.5 cm³/mol. The Balaban J connectivity index is 1.68. The van der Waals surface area contributed by atoms with Crippen LogP contribution in [0.2, 0.25) is 0 Å². The fourth-order valence-electron chi connectivity index (χ4n) is 3.43. The number of piperidine rings is 1. The summed E-state index contributed by atoms with van der Waals surface area (Å²) in [4.78, 5) is 5.17. The molecule has 2 aliphatic rings. The minimum atomic E-state index is 0.719. The Kier molecular flexibility index (Phi) is 6.11. The second-order valence-electron chi connectivity index (χ2n) is 6.78. The van der Waals surface area contributed by atoms with Crippen LogP contribution in [0.3, 0.4) is 0 Å². The van der Waals surface area contributed by atoms with Gasteiger partial charge in [-0.15, -0.1) is 0 Å². The highest BCUT2D eigenvalue weighted by atomic mass is 15.2. The predicted octanol–water partition coefficient (Wildman–Crippen LogP) is 2.04. The summed E-state index contributed by atoms with van der Waals surface area (Å²) in [7, 11) is 2.25. The maximum atomic E-state index is 3.70. The lowest BCUT2D eigenvalue weighted by atomic mass is 9.93. The number of hydrogen-bond acceptors (Lipinski definition) is 3. The van der Waals surface area contributed by atoms with Crippen molar-refractivity contribution in [1.82, 2.24) is 15.1 Å². The molecule has 3 nitrogen and oxygen atoms in total. The maximum Gasteiger partial charge on any atom is 0.0221 e. The van der Waals surface area contributed by atoms with Crippen LogP contribution in [0.25, 0.3) is 0 Å². The SMILES string of the molecule is CCC(C)C1CN(CCC2CCN(C)CC2)CCN1. The Labute approximate surface area is 119 Å². The standard InChI is InChI=1S/C16H33N3/c1-4-14(2)16-13-19(12-8-17-16)11-7-15-5-9-18(3)10-6-15/h14-17H,4-13H2,1-3H3. The van der Waals surface area contributed by atoms with Crippen molar-refractivity contribution in [2.75, 3.05) is 46.3 Å². The minimum absolute atomic E-state index is 0.719. The Morgan fingerprint density at radius 2 is 1.95 bits per heavy atom. The van der Waals surface area contributed by atoms with E-state index in [1.165, 1.54) is 65.0 Å². The van der Waals surface area contributed by atoms with E-state index in [4.69, 9.17) is 0 Å². The largest absolute Gasteiger partial charge is 0.311 e. The highest BCUT2D eigenvalue weighted by molar-refractivity contribution is 4.82. The molecule has 0 radical (unpaired) electrons. The Morgan fingerprint density at radius 1 is 1.21 bits per heavy atom. The molecule has 2 aliphatic heterocycles. The average Bonchev–Trinajstić information content (AvgIpc) is 2.46. The van der Waals surface area contributed by atoms with Gasteiger partial charge in [0.25, 0.3) is 0 Å². The molecule has 2 atom stereocenters. The highest BCUT2D eigenvalue weighted by Gasteiger charge is 2.24. The molecule has 0 saturated carbocycles. The van der Waals surface area contributed by atoms with E-state index in [1.54, 1.807) is 0 Å². The van der Waals surface area contributed by atoms with Crippen molar-refractivity contribution in [3.8, 4) is 0 Å². The van der Waals surface area contributed by atoms with Crippen molar-refractivity contribution in [3.05, 3.63) is 0 Å². The van der Waals surface area contributed by atoms with Gasteiger partial charge in [0.2, 0.25) is 0 Å². The molecule has 0 spiro atoms. The molecule has 0 amide bonds. The summed E-state index contributed by atoms with van der Waals surface area (Å²) < 4.78 is 0. The van der Waals surface area contributed by atoms with Crippen LogP contribution in [0.1, 0.15) is 39.5 Å². The van der Waals surface area contributed by atoms with E-state index in [-0.39, 0.29) is 0 Å². The highest BCUT2D eigenvalue weighted by Crippen LogP contribution is 2.20. The van der Waals surface area contributed by atoms with Gasteiger partial charge in [-0.05, 0) is 57.8 Å². The molecule has 19 heavy (non-hydrogen) atoms. The summed E-state index contributed by atoms with van der Waals surface area (Å²) >= 11 is 0. The Bertz CT molecular complexity index is 248. The fourth-order valence-corrected chi connectivity index (χ4v) is 3.43. The third-order valence-electron chi connectivity index (χ3n) is 5.31. The van der Waals surface area contributed by atoms with E-state index in [1.807, 2.05) is 0 Å². The topological polar surface area (TPSA) is 18.5 Å². The first-order valence-corrected chi connectivity index (χ1v) is 8.33. The lowest BCUT2D eigenvalue weighted by Gasteiger charge is -2.37. The van der Waals surface area contributed by atoms with E-state index < -0.39 is 0 Å². The molecular formula is C16H33N3. The fraction of sp³-hybridized carbons (Fsp3) is 1.00. The normalized spacial score (nSPS) is 29.5. The first kappa shape index (κ1) is 15.3. The van der Waals surface area contributed by atoms with Gasteiger partial charge in [0, 0.05) is 25.7 Å². The summed E-state index contributed by atoms with van der Waals surface area (Å²) in [6.45, 7) is 12.3. The van der Waals surface area contributed by atoms with Crippen LogP contribution in [-0.4, -0.2) is 62.2 Å². The Morgan fingerprint density at radius 3 is 2.63 bits per heavy atom. The number of rotatable bonds is 5. The molecule has 0 bridgehead atoms. The monoisotopic (exact) mass is 267 g/mol. The van der Waals surface area contributed by atoms with E-state index in [0.717, 1.165) is 17.9 Å². The third-order valence-corrected chi connectivity index (χ3v) is 5.31. The number of nitrogens with zero attached hydrogens (tertiary/aromatic N) is 2. The Hall–Kier alpha value is -0.120. The van der Waals surface area contributed by atoms with Crippen molar-refractivity contribution in [2.24, 2.45) is 11.8 Å². The second-order valence-corrected chi connectivity index (χ2v) is 6.78. The molecule has 2 saturated heterocycles. The van der Waals surface area contributed by atoms with Crippen molar-refractivity contribution in [1.29, 1.82) is 0 Å². The summed E-state index contributed by atoms with van der Waals surface area (Å²) in [5, 5.41) is 3.70. The van der Waals surface area contributed by atoms with Crippen molar-refractivity contribution < 1.29 is 0 Å². The van der Waals surface area contributed by atoms with Crippen molar-refractivity contribution in [2.45, 2.75) is 45.6 Å². The quantitative estimate of drug-likeness (QED) is 0.822. The van der Waals surface area contributed by atoms with Crippen LogP contribution in [0.4, 0.5) is 0 Å². The zero-order valence-corrected chi connectivity index (χ0v) is 13.2. The molecule has 0 aliphatic carbocycles. The summed E-state index contributed by atoms with van der Waals surface area (Å²) in [5.74, 6) is 1.79. The van der Waals surface area contributed by atoms with Crippen LogP contribution in [0.15, 0.2) is 0 Å². The van der Waals surface area contributed by atoms with Crippen molar-refractivity contribution >= 4 is 0 Å². The molecule has 0 aromatic carbocycles. The lowest BCUT2D eigenvalue weighted by Crippen LogP contribution is -2.53. The zero-order chi connectivity index (χ0) is 13.7. The van der Waals surface area contributed by atoms with Crippen molar-refractivity contribution in [3.63, 3.8) is 0 Å². The van der Waals surface area contributed by atoms with Crippen LogP contribution in [-0.2, 0) is 0 Å². The van der Waals surface area contributed by atoms with Gasteiger partial charge in [-0.1, -0.05) is 20.3 Å². The molecule has 2 rings (SSSR count).